The summed E-state index contributed by atoms with van der Waals surface area (Å²) in [4.78, 5) is 14.4. The summed E-state index contributed by atoms with van der Waals surface area (Å²) in [5.74, 6) is 2.85. The molecule has 2 heterocycles. The van der Waals surface area contributed by atoms with Crippen molar-refractivity contribution in [1.29, 1.82) is 0 Å². The van der Waals surface area contributed by atoms with E-state index in [4.69, 9.17) is 0 Å². The number of nitrogens with one attached hydrogen (secondary N) is 1. The van der Waals surface area contributed by atoms with E-state index in [1.165, 1.54) is 0 Å². The molecular weight excluding hydrogens is 208 g/mol. The minimum atomic E-state index is -0.0113. The van der Waals surface area contributed by atoms with Crippen LogP contribution >= 0.6 is 11.8 Å². The zero-order valence-corrected chi connectivity index (χ0v) is 10.4. The van der Waals surface area contributed by atoms with Gasteiger partial charge < -0.3 is 10.2 Å². The normalized spacial score (nSPS) is 30.5. The fourth-order valence-corrected chi connectivity index (χ4v) is 3.55. The van der Waals surface area contributed by atoms with Gasteiger partial charge in [-0.3, -0.25) is 4.79 Å². The number of carbonyl (C=O) groups excluding carboxylic acids is 1. The maximum absolute atomic E-state index is 12.3. The average molecular weight is 228 g/mol. The van der Waals surface area contributed by atoms with E-state index in [-0.39, 0.29) is 11.5 Å². The van der Waals surface area contributed by atoms with Gasteiger partial charge in [0.1, 0.15) is 0 Å². The maximum Gasteiger partial charge on any atom is 0.227 e. The van der Waals surface area contributed by atoms with Crippen LogP contribution in [0.3, 0.4) is 0 Å². The van der Waals surface area contributed by atoms with Crippen LogP contribution in [0.4, 0.5) is 0 Å². The van der Waals surface area contributed by atoms with Crippen molar-refractivity contribution in [2.45, 2.75) is 25.8 Å². The molecule has 0 aromatic carbocycles. The molecule has 1 N–H and O–H groups in total. The van der Waals surface area contributed by atoms with Gasteiger partial charge in [-0.25, -0.2) is 0 Å². The van der Waals surface area contributed by atoms with Crippen LogP contribution in [0.5, 0.6) is 0 Å². The van der Waals surface area contributed by atoms with Gasteiger partial charge in [0.25, 0.3) is 0 Å². The molecule has 1 unspecified atom stereocenters. The molecule has 0 aromatic heterocycles. The molecule has 0 saturated carbocycles. The number of hydrogen-bond donors (Lipinski definition) is 1. The Kier molecular flexibility index (Phi) is 3.26. The Balaban J connectivity index is 2.04. The second-order valence-corrected chi connectivity index (χ2v) is 6.19. The minimum Gasteiger partial charge on any atom is -0.335 e. The van der Waals surface area contributed by atoms with Gasteiger partial charge in [0.05, 0.1) is 0 Å². The highest BCUT2D eigenvalue weighted by Crippen LogP contribution is 2.28. The highest BCUT2D eigenvalue weighted by Gasteiger charge is 2.37. The molecule has 2 fully saturated rings. The number of nitrogens with zero attached hydrogens (tertiary/aromatic N) is 1. The van der Waals surface area contributed by atoms with Crippen molar-refractivity contribution in [2.24, 2.45) is 5.92 Å². The predicted molar refractivity (Wildman–Crippen MR) is 64.1 cm³/mol. The molecule has 0 aromatic rings. The van der Waals surface area contributed by atoms with Crippen LogP contribution in [0.25, 0.3) is 0 Å². The number of carbonyl (C=O) groups is 1. The first-order chi connectivity index (χ1) is 7.11. The molecular formula is C11H20N2OS. The van der Waals surface area contributed by atoms with Gasteiger partial charge in [-0.2, -0.15) is 11.8 Å². The summed E-state index contributed by atoms with van der Waals surface area (Å²) >= 11 is 1.91. The lowest BCUT2D eigenvalue weighted by molar-refractivity contribution is -0.141. The van der Waals surface area contributed by atoms with E-state index in [0.717, 1.165) is 37.6 Å². The molecule has 0 aliphatic carbocycles. The maximum atomic E-state index is 12.3. The number of piperazine rings is 1. The third-order valence-corrected chi connectivity index (χ3v) is 4.51. The van der Waals surface area contributed by atoms with E-state index in [9.17, 15) is 4.79 Å². The van der Waals surface area contributed by atoms with Gasteiger partial charge in [0, 0.05) is 36.8 Å². The standard InChI is InChI=1S/C11H20N2OS/c1-11(2)8-12-4-5-13(11)10(14)9-3-6-15-7-9/h9,12H,3-8H2,1-2H3. The lowest BCUT2D eigenvalue weighted by Crippen LogP contribution is -2.61. The molecule has 1 atom stereocenters. The van der Waals surface area contributed by atoms with E-state index in [2.05, 4.69) is 24.1 Å². The summed E-state index contributed by atoms with van der Waals surface area (Å²) in [6.45, 7) is 7.03. The van der Waals surface area contributed by atoms with Crippen LogP contribution in [-0.4, -0.2) is 47.5 Å². The number of rotatable bonds is 1. The van der Waals surface area contributed by atoms with Gasteiger partial charge in [-0.15, -0.1) is 0 Å². The first kappa shape index (κ1) is 11.3. The lowest BCUT2D eigenvalue weighted by atomic mass is 9.97. The Bertz CT molecular complexity index is 249. The van der Waals surface area contributed by atoms with Crippen molar-refractivity contribution < 1.29 is 4.79 Å². The smallest absolute Gasteiger partial charge is 0.227 e. The van der Waals surface area contributed by atoms with E-state index < -0.39 is 0 Å². The van der Waals surface area contributed by atoms with Crippen molar-refractivity contribution in [3.05, 3.63) is 0 Å². The molecule has 0 spiro atoms. The molecule has 2 rings (SSSR count). The molecule has 2 saturated heterocycles. The molecule has 2 aliphatic rings. The van der Waals surface area contributed by atoms with Gasteiger partial charge >= 0.3 is 0 Å². The molecule has 3 nitrogen and oxygen atoms in total. The summed E-state index contributed by atoms with van der Waals surface area (Å²) in [5, 5.41) is 3.35. The third kappa shape index (κ3) is 2.31. The summed E-state index contributed by atoms with van der Waals surface area (Å²) < 4.78 is 0. The van der Waals surface area contributed by atoms with Crippen LogP contribution in [0.2, 0.25) is 0 Å². The second kappa shape index (κ2) is 4.34. The van der Waals surface area contributed by atoms with Crippen LogP contribution in [0, 0.1) is 5.92 Å². The van der Waals surface area contributed by atoms with Crippen molar-refractivity contribution in [3.8, 4) is 0 Å². The first-order valence-electron chi connectivity index (χ1n) is 5.71. The van der Waals surface area contributed by atoms with Crippen LogP contribution in [0.1, 0.15) is 20.3 Å². The van der Waals surface area contributed by atoms with Crippen molar-refractivity contribution in [1.82, 2.24) is 10.2 Å². The molecule has 4 heteroatoms. The summed E-state index contributed by atoms with van der Waals surface area (Å²) in [6.07, 6.45) is 1.07. The number of thioether (sulfide) groups is 1. The minimum absolute atomic E-state index is 0.0113. The summed E-state index contributed by atoms with van der Waals surface area (Å²) in [5.41, 5.74) is -0.0113. The van der Waals surface area contributed by atoms with E-state index in [1.807, 2.05) is 11.8 Å². The molecule has 0 bridgehead atoms. The number of hydrogen-bond acceptors (Lipinski definition) is 3. The molecule has 1 amide bonds. The highest BCUT2D eigenvalue weighted by molar-refractivity contribution is 7.99. The largest absolute Gasteiger partial charge is 0.335 e. The molecule has 15 heavy (non-hydrogen) atoms. The van der Waals surface area contributed by atoms with Crippen LogP contribution < -0.4 is 5.32 Å². The SMILES string of the molecule is CC1(C)CNCCN1C(=O)C1CCSC1. The van der Waals surface area contributed by atoms with Gasteiger partial charge in [0.15, 0.2) is 0 Å². The Morgan fingerprint density at radius 1 is 1.53 bits per heavy atom. The van der Waals surface area contributed by atoms with Gasteiger partial charge in [-0.05, 0) is 26.0 Å². The predicted octanol–water partition coefficient (Wildman–Crippen LogP) is 0.950. The van der Waals surface area contributed by atoms with E-state index in [0.29, 0.717) is 5.91 Å². The monoisotopic (exact) mass is 228 g/mol. The fourth-order valence-electron chi connectivity index (χ4n) is 2.34. The van der Waals surface area contributed by atoms with Crippen LogP contribution in [-0.2, 0) is 4.79 Å². The quantitative estimate of drug-likeness (QED) is 0.725. The van der Waals surface area contributed by atoms with Crippen molar-refractivity contribution in [3.63, 3.8) is 0 Å². The zero-order chi connectivity index (χ0) is 10.9. The Labute approximate surface area is 96.0 Å². The summed E-state index contributed by atoms with van der Waals surface area (Å²) in [6, 6.07) is 0. The average Bonchev–Trinajstić information content (AvgIpc) is 2.69. The third-order valence-electron chi connectivity index (χ3n) is 3.35. The zero-order valence-electron chi connectivity index (χ0n) is 9.58. The fraction of sp³-hybridized carbons (Fsp3) is 0.909. The Morgan fingerprint density at radius 2 is 2.33 bits per heavy atom. The number of amides is 1. The van der Waals surface area contributed by atoms with Crippen LogP contribution in [0.15, 0.2) is 0 Å². The van der Waals surface area contributed by atoms with Gasteiger partial charge in [0.2, 0.25) is 5.91 Å². The first-order valence-corrected chi connectivity index (χ1v) is 6.87. The Hall–Kier alpha value is -0.220. The van der Waals surface area contributed by atoms with Crippen molar-refractivity contribution in [2.75, 3.05) is 31.1 Å². The summed E-state index contributed by atoms with van der Waals surface area (Å²) in [7, 11) is 0. The van der Waals surface area contributed by atoms with Crippen molar-refractivity contribution >= 4 is 17.7 Å². The van der Waals surface area contributed by atoms with E-state index in [1.54, 1.807) is 0 Å². The lowest BCUT2D eigenvalue weighted by Gasteiger charge is -2.44. The second-order valence-electron chi connectivity index (χ2n) is 5.04. The molecule has 86 valence electrons. The van der Waals surface area contributed by atoms with E-state index >= 15 is 0 Å². The molecule has 0 radical (unpaired) electrons. The Morgan fingerprint density at radius 3 is 2.93 bits per heavy atom. The molecule has 2 aliphatic heterocycles. The highest BCUT2D eigenvalue weighted by atomic mass is 32.2. The topological polar surface area (TPSA) is 32.3 Å². The van der Waals surface area contributed by atoms with Gasteiger partial charge in [-0.1, -0.05) is 0 Å².